The zero-order valence-electron chi connectivity index (χ0n) is 8.68. The van der Waals surface area contributed by atoms with Crippen LogP contribution in [0.1, 0.15) is 0 Å². The molecule has 0 aliphatic carbocycles. The number of rotatable bonds is 2. The number of nitrogen functional groups attached to an aromatic ring is 1. The molecule has 0 amide bonds. The molecule has 17 heavy (non-hydrogen) atoms. The molecule has 0 saturated heterocycles. The molecule has 2 aromatic carbocycles. The first kappa shape index (κ1) is 12.0. The second kappa shape index (κ2) is 4.82. The second-order valence-electron chi connectivity index (χ2n) is 3.43. The van der Waals surface area contributed by atoms with E-state index >= 15 is 0 Å². The van der Waals surface area contributed by atoms with E-state index < -0.39 is 5.82 Å². The largest absolute Gasteiger partial charge is 0.395 e. The Bertz CT molecular complexity index is 509. The van der Waals surface area contributed by atoms with Crippen molar-refractivity contribution in [1.82, 2.24) is 0 Å². The molecule has 0 unspecified atom stereocenters. The second-order valence-corrected chi connectivity index (χ2v) is 4.21. The SMILES string of the molecule is Nc1c(F)cccc1Nc1cccc(Cl)c1Cl. The average molecular weight is 271 g/mol. The summed E-state index contributed by atoms with van der Waals surface area (Å²) in [4.78, 5) is 0. The third kappa shape index (κ3) is 2.46. The molecule has 0 aliphatic heterocycles. The fourth-order valence-electron chi connectivity index (χ4n) is 1.39. The van der Waals surface area contributed by atoms with E-state index in [1.54, 1.807) is 30.3 Å². The minimum Gasteiger partial charge on any atom is -0.395 e. The van der Waals surface area contributed by atoms with Gasteiger partial charge in [0.1, 0.15) is 5.82 Å². The average Bonchev–Trinajstić information content (AvgIpc) is 2.31. The number of anilines is 3. The number of hydrogen-bond acceptors (Lipinski definition) is 2. The Balaban J connectivity index is 2.38. The van der Waals surface area contributed by atoms with Crippen LogP contribution < -0.4 is 11.1 Å². The van der Waals surface area contributed by atoms with Crippen LogP contribution in [0.2, 0.25) is 10.0 Å². The zero-order chi connectivity index (χ0) is 12.4. The molecule has 0 aromatic heterocycles. The molecule has 0 fully saturated rings. The minimum absolute atomic E-state index is 0.0449. The smallest absolute Gasteiger partial charge is 0.148 e. The van der Waals surface area contributed by atoms with Crippen LogP contribution in [-0.2, 0) is 0 Å². The number of halogens is 3. The maximum atomic E-state index is 13.2. The Morgan fingerprint density at radius 2 is 1.65 bits per heavy atom. The van der Waals surface area contributed by atoms with Crippen LogP contribution in [0.25, 0.3) is 0 Å². The topological polar surface area (TPSA) is 38.0 Å². The van der Waals surface area contributed by atoms with Gasteiger partial charge in [0.25, 0.3) is 0 Å². The molecule has 0 spiro atoms. The predicted octanol–water partition coefficient (Wildman–Crippen LogP) is 4.46. The van der Waals surface area contributed by atoms with Crippen molar-refractivity contribution in [2.45, 2.75) is 0 Å². The van der Waals surface area contributed by atoms with E-state index in [1.807, 2.05) is 0 Å². The molecule has 0 bridgehead atoms. The summed E-state index contributed by atoms with van der Waals surface area (Å²) < 4.78 is 13.2. The molecule has 5 heteroatoms. The number of hydrogen-bond donors (Lipinski definition) is 2. The molecular formula is C12H9Cl2FN2. The van der Waals surface area contributed by atoms with Crippen LogP contribution >= 0.6 is 23.2 Å². The van der Waals surface area contributed by atoms with Crippen molar-refractivity contribution in [1.29, 1.82) is 0 Å². The van der Waals surface area contributed by atoms with Crippen LogP contribution in [-0.4, -0.2) is 0 Å². The number of para-hydroxylation sites is 1. The Morgan fingerprint density at radius 1 is 1.00 bits per heavy atom. The quantitative estimate of drug-likeness (QED) is 0.791. The highest BCUT2D eigenvalue weighted by Crippen LogP contribution is 2.33. The van der Waals surface area contributed by atoms with Crippen molar-refractivity contribution < 1.29 is 4.39 Å². The van der Waals surface area contributed by atoms with E-state index in [2.05, 4.69) is 5.32 Å². The van der Waals surface area contributed by atoms with Gasteiger partial charge in [0.05, 0.1) is 27.1 Å². The summed E-state index contributed by atoms with van der Waals surface area (Å²) in [6, 6.07) is 9.66. The summed E-state index contributed by atoms with van der Waals surface area (Å²) in [7, 11) is 0. The van der Waals surface area contributed by atoms with E-state index in [1.165, 1.54) is 6.07 Å². The number of benzene rings is 2. The molecule has 88 valence electrons. The highest BCUT2D eigenvalue weighted by Gasteiger charge is 2.08. The molecule has 2 nitrogen and oxygen atoms in total. The maximum Gasteiger partial charge on any atom is 0.148 e. The van der Waals surface area contributed by atoms with Gasteiger partial charge in [-0.2, -0.15) is 0 Å². The standard InChI is InChI=1S/C12H9Cl2FN2/c13-7-3-1-5-9(11(7)14)17-10-6-2-4-8(15)12(10)16/h1-6,17H,16H2. The van der Waals surface area contributed by atoms with E-state index in [-0.39, 0.29) is 5.69 Å². The number of nitrogens with one attached hydrogen (secondary N) is 1. The van der Waals surface area contributed by atoms with E-state index in [0.29, 0.717) is 21.4 Å². The van der Waals surface area contributed by atoms with Gasteiger partial charge < -0.3 is 11.1 Å². The Morgan fingerprint density at radius 3 is 2.41 bits per heavy atom. The zero-order valence-corrected chi connectivity index (χ0v) is 10.2. The molecule has 3 N–H and O–H groups in total. The van der Waals surface area contributed by atoms with E-state index in [9.17, 15) is 4.39 Å². The van der Waals surface area contributed by atoms with Crippen molar-refractivity contribution in [2.24, 2.45) is 0 Å². The lowest BCUT2D eigenvalue weighted by molar-refractivity contribution is 0.633. The summed E-state index contributed by atoms with van der Waals surface area (Å²) in [5.41, 5.74) is 6.68. The highest BCUT2D eigenvalue weighted by molar-refractivity contribution is 6.43. The van der Waals surface area contributed by atoms with Gasteiger partial charge in [-0.3, -0.25) is 0 Å². The van der Waals surface area contributed by atoms with Crippen LogP contribution in [0, 0.1) is 5.82 Å². The molecular weight excluding hydrogens is 262 g/mol. The minimum atomic E-state index is -0.479. The lowest BCUT2D eigenvalue weighted by atomic mass is 10.2. The van der Waals surface area contributed by atoms with Crippen LogP contribution in [0.4, 0.5) is 21.5 Å². The summed E-state index contributed by atoms with van der Waals surface area (Å²) in [6.07, 6.45) is 0. The lowest BCUT2D eigenvalue weighted by Gasteiger charge is -2.11. The van der Waals surface area contributed by atoms with Crippen molar-refractivity contribution in [3.8, 4) is 0 Å². The van der Waals surface area contributed by atoms with Crippen molar-refractivity contribution in [2.75, 3.05) is 11.1 Å². The fourth-order valence-corrected chi connectivity index (χ4v) is 1.74. The summed E-state index contributed by atoms with van der Waals surface area (Å²) in [5.74, 6) is -0.479. The number of nitrogens with two attached hydrogens (primary N) is 1. The third-order valence-electron chi connectivity index (χ3n) is 2.27. The van der Waals surface area contributed by atoms with Gasteiger partial charge in [-0.25, -0.2) is 4.39 Å². The summed E-state index contributed by atoms with van der Waals surface area (Å²) >= 11 is 11.9. The molecule has 0 atom stereocenters. The van der Waals surface area contributed by atoms with Crippen molar-refractivity contribution >= 4 is 40.3 Å². The van der Waals surface area contributed by atoms with Crippen LogP contribution in [0.15, 0.2) is 36.4 Å². The first-order valence-corrected chi connectivity index (χ1v) is 5.60. The van der Waals surface area contributed by atoms with E-state index in [0.717, 1.165) is 0 Å². The maximum absolute atomic E-state index is 13.2. The van der Waals surface area contributed by atoms with Crippen LogP contribution in [0.5, 0.6) is 0 Å². The van der Waals surface area contributed by atoms with Crippen LogP contribution in [0.3, 0.4) is 0 Å². The van der Waals surface area contributed by atoms with Gasteiger partial charge in [0, 0.05) is 0 Å². The summed E-state index contributed by atoms with van der Waals surface area (Å²) in [6.45, 7) is 0. The van der Waals surface area contributed by atoms with E-state index in [4.69, 9.17) is 28.9 Å². The molecule has 0 heterocycles. The Hall–Kier alpha value is -1.45. The monoisotopic (exact) mass is 270 g/mol. The van der Waals surface area contributed by atoms with Gasteiger partial charge in [-0.1, -0.05) is 35.3 Å². The van der Waals surface area contributed by atoms with Gasteiger partial charge in [0.2, 0.25) is 0 Å². The van der Waals surface area contributed by atoms with Gasteiger partial charge in [0.15, 0.2) is 0 Å². The normalized spacial score (nSPS) is 10.3. The predicted molar refractivity (Wildman–Crippen MR) is 70.6 cm³/mol. The van der Waals surface area contributed by atoms with Gasteiger partial charge >= 0.3 is 0 Å². The molecule has 2 aromatic rings. The molecule has 0 radical (unpaired) electrons. The van der Waals surface area contributed by atoms with Gasteiger partial charge in [-0.05, 0) is 24.3 Å². The van der Waals surface area contributed by atoms with Crippen molar-refractivity contribution in [3.05, 3.63) is 52.3 Å². The molecule has 0 saturated carbocycles. The van der Waals surface area contributed by atoms with Gasteiger partial charge in [-0.15, -0.1) is 0 Å². The first-order valence-electron chi connectivity index (χ1n) is 4.84. The fraction of sp³-hybridized carbons (Fsp3) is 0. The highest BCUT2D eigenvalue weighted by atomic mass is 35.5. The Kier molecular flexibility index (Phi) is 3.41. The molecule has 0 aliphatic rings. The Labute approximate surface area is 108 Å². The molecule has 2 rings (SSSR count). The third-order valence-corrected chi connectivity index (χ3v) is 3.09. The summed E-state index contributed by atoms with van der Waals surface area (Å²) in [5, 5.41) is 3.74. The van der Waals surface area contributed by atoms with Crippen molar-refractivity contribution in [3.63, 3.8) is 0 Å². The first-order chi connectivity index (χ1) is 8.09. The lowest BCUT2D eigenvalue weighted by Crippen LogP contribution is -1.99.